The molecule has 3 nitrogen and oxygen atoms in total. The fourth-order valence-electron chi connectivity index (χ4n) is 2.79. The average molecular weight is 223 g/mol. The summed E-state index contributed by atoms with van der Waals surface area (Å²) in [5.74, 6) is 1.32. The van der Waals surface area contributed by atoms with E-state index < -0.39 is 0 Å². The fraction of sp³-hybridized carbons (Fsp3) is 0.923. The van der Waals surface area contributed by atoms with Crippen molar-refractivity contribution in [2.24, 2.45) is 17.1 Å². The monoisotopic (exact) mass is 223 g/mol. The quantitative estimate of drug-likeness (QED) is 0.513. The minimum absolute atomic E-state index is 0.372. The lowest BCUT2D eigenvalue weighted by Gasteiger charge is -2.33. The van der Waals surface area contributed by atoms with Crippen LogP contribution in [0.1, 0.15) is 45.4 Å². The smallest absolute Gasteiger partial charge is 0.0911 e. The number of hydrogen-bond acceptors (Lipinski definition) is 2. The Hall–Kier alpha value is -0.570. The highest BCUT2D eigenvalue weighted by Crippen LogP contribution is 2.49. The summed E-state index contributed by atoms with van der Waals surface area (Å²) >= 11 is 0. The molecule has 0 bridgehead atoms. The van der Waals surface area contributed by atoms with Crippen molar-refractivity contribution in [2.45, 2.75) is 45.4 Å². The first-order valence-electron chi connectivity index (χ1n) is 6.69. The minimum Gasteiger partial charge on any atom is -0.388 e. The minimum atomic E-state index is 0.372. The molecule has 0 unspecified atom stereocenters. The highest BCUT2D eigenvalue weighted by Gasteiger charge is 2.44. The third kappa shape index (κ3) is 2.97. The predicted octanol–water partition coefficient (Wildman–Crippen LogP) is 2.21. The summed E-state index contributed by atoms with van der Waals surface area (Å²) in [4.78, 5) is 2.58. The molecule has 0 aromatic rings. The lowest BCUT2D eigenvalue weighted by atomic mass is 9.85. The van der Waals surface area contributed by atoms with E-state index in [9.17, 15) is 0 Å². The molecular weight excluding hydrogens is 198 g/mol. The van der Waals surface area contributed by atoms with Gasteiger partial charge in [-0.3, -0.25) is 5.41 Å². The van der Waals surface area contributed by atoms with Gasteiger partial charge in [0.2, 0.25) is 0 Å². The van der Waals surface area contributed by atoms with Crippen LogP contribution < -0.4 is 5.73 Å². The zero-order chi connectivity index (χ0) is 11.6. The Morgan fingerprint density at radius 3 is 2.50 bits per heavy atom. The lowest BCUT2D eigenvalue weighted by molar-refractivity contribution is 0.158. The number of nitrogens with one attached hydrogen (secondary N) is 1. The van der Waals surface area contributed by atoms with E-state index in [4.69, 9.17) is 11.1 Å². The Kier molecular flexibility index (Phi) is 3.53. The van der Waals surface area contributed by atoms with Gasteiger partial charge < -0.3 is 10.6 Å². The first-order valence-corrected chi connectivity index (χ1v) is 6.69. The van der Waals surface area contributed by atoms with Crippen LogP contribution in [0.5, 0.6) is 0 Å². The molecule has 0 aromatic heterocycles. The number of hydrogen-bond donors (Lipinski definition) is 2. The molecule has 0 spiro atoms. The van der Waals surface area contributed by atoms with Crippen LogP contribution >= 0.6 is 0 Å². The van der Waals surface area contributed by atoms with Crippen LogP contribution in [0.25, 0.3) is 0 Å². The van der Waals surface area contributed by atoms with Crippen LogP contribution in [0.2, 0.25) is 0 Å². The fourth-order valence-corrected chi connectivity index (χ4v) is 2.79. The third-order valence-corrected chi connectivity index (χ3v) is 4.27. The maximum absolute atomic E-state index is 7.44. The van der Waals surface area contributed by atoms with E-state index in [1.807, 2.05) is 0 Å². The second-order valence-corrected chi connectivity index (χ2v) is 5.83. The summed E-state index contributed by atoms with van der Waals surface area (Å²) in [7, 11) is 0. The summed E-state index contributed by atoms with van der Waals surface area (Å²) in [6.45, 7) is 5.84. The van der Waals surface area contributed by atoms with Gasteiger partial charge in [0.15, 0.2) is 0 Å². The second kappa shape index (κ2) is 4.74. The molecule has 2 saturated carbocycles. The zero-order valence-corrected chi connectivity index (χ0v) is 10.5. The summed E-state index contributed by atoms with van der Waals surface area (Å²) < 4.78 is 0. The van der Waals surface area contributed by atoms with Gasteiger partial charge in [-0.05, 0) is 43.6 Å². The highest BCUT2D eigenvalue weighted by molar-refractivity contribution is 5.78. The Morgan fingerprint density at radius 1 is 1.44 bits per heavy atom. The van der Waals surface area contributed by atoms with Gasteiger partial charge in [-0.15, -0.1) is 0 Å². The molecule has 3 heteroatoms. The average Bonchev–Trinajstić information content (AvgIpc) is 2.88. The maximum atomic E-state index is 7.44. The van der Waals surface area contributed by atoms with Crippen LogP contribution in [-0.4, -0.2) is 30.4 Å². The normalized spacial score (nSPS) is 23.1. The Bertz CT molecular complexity index is 254. The molecule has 2 rings (SSSR count). The maximum Gasteiger partial charge on any atom is 0.0911 e. The first-order chi connectivity index (χ1) is 7.63. The van der Waals surface area contributed by atoms with Gasteiger partial charge in [-0.1, -0.05) is 13.3 Å². The van der Waals surface area contributed by atoms with Crippen LogP contribution in [0.15, 0.2) is 0 Å². The largest absolute Gasteiger partial charge is 0.388 e. The summed E-state index contributed by atoms with van der Waals surface area (Å²) in [5.41, 5.74) is 5.92. The van der Waals surface area contributed by atoms with Gasteiger partial charge in [-0.25, -0.2) is 0 Å². The topological polar surface area (TPSA) is 53.1 Å². The SMILES string of the molecule is CCN(CC1CCC1)CC1(CC(=N)N)CC1. The van der Waals surface area contributed by atoms with E-state index >= 15 is 0 Å². The molecule has 0 radical (unpaired) electrons. The molecule has 2 aliphatic carbocycles. The van der Waals surface area contributed by atoms with Crippen LogP contribution in [-0.2, 0) is 0 Å². The molecular formula is C13H25N3. The number of rotatable bonds is 7. The first kappa shape index (κ1) is 11.9. The van der Waals surface area contributed by atoms with Crippen molar-refractivity contribution in [2.75, 3.05) is 19.6 Å². The van der Waals surface area contributed by atoms with Gasteiger partial charge in [0.25, 0.3) is 0 Å². The van der Waals surface area contributed by atoms with Gasteiger partial charge in [0, 0.05) is 19.5 Å². The van der Waals surface area contributed by atoms with Crippen LogP contribution in [0, 0.1) is 16.7 Å². The molecule has 0 aliphatic heterocycles. The molecule has 2 fully saturated rings. The molecule has 16 heavy (non-hydrogen) atoms. The Labute approximate surface area is 98.9 Å². The van der Waals surface area contributed by atoms with Crippen molar-refractivity contribution in [3.8, 4) is 0 Å². The van der Waals surface area contributed by atoms with Crippen molar-refractivity contribution in [3.63, 3.8) is 0 Å². The van der Waals surface area contributed by atoms with Crippen LogP contribution in [0.3, 0.4) is 0 Å². The zero-order valence-electron chi connectivity index (χ0n) is 10.5. The highest BCUT2D eigenvalue weighted by atomic mass is 15.1. The number of nitrogens with two attached hydrogens (primary N) is 1. The van der Waals surface area contributed by atoms with E-state index in [-0.39, 0.29) is 0 Å². The van der Waals surface area contributed by atoms with Crippen molar-refractivity contribution >= 4 is 5.84 Å². The Balaban J connectivity index is 1.78. The summed E-state index contributed by atoms with van der Waals surface area (Å²) in [6, 6.07) is 0. The van der Waals surface area contributed by atoms with E-state index in [0.717, 1.165) is 18.9 Å². The van der Waals surface area contributed by atoms with Crippen LogP contribution in [0.4, 0.5) is 0 Å². The van der Waals surface area contributed by atoms with E-state index in [1.165, 1.54) is 45.2 Å². The van der Waals surface area contributed by atoms with Crippen molar-refractivity contribution in [1.29, 1.82) is 5.41 Å². The molecule has 92 valence electrons. The van der Waals surface area contributed by atoms with Gasteiger partial charge in [0.05, 0.1) is 5.84 Å². The van der Waals surface area contributed by atoms with Crippen molar-refractivity contribution in [1.82, 2.24) is 4.90 Å². The number of nitrogens with zero attached hydrogens (tertiary/aromatic N) is 1. The molecule has 2 aliphatic rings. The summed E-state index contributed by atoms with van der Waals surface area (Å²) in [6.07, 6.45) is 7.64. The molecule has 0 heterocycles. The van der Waals surface area contributed by atoms with Gasteiger partial charge in [0.1, 0.15) is 0 Å². The molecule has 0 saturated heterocycles. The molecule has 0 amide bonds. The number of amidine groups is 1. The van der Waals surface area contributed by atoms with E-state index in [2.05, 4.69) is 11.8 Å². The third-order valence-electron chi connectivity index (χ3n) is 4.27. The molecule has 0 aromatic carbocycles. The second-order valence-electron chi connectivity index (χ2n) is 5.83. The summed E-state index contributed by atoms with van der Waals surface area (Å²) in [5, 5.41) is 7.44. The lowest BCUT2D eigenvalue weighted by Crippen LogP contribution is -2.37. The Morgan fingerprint density at radius 2 is 2.12 bits per heavy atom. The molecule has 3 N–H and O–H groups in total. The van der Waals surface area contributed by atoms with Crippen molar-refractivity contribution < 1.29 is 0 Å². The van der Waals surface area contributed by atoms with Gasteiger partial charge in [-0.2, -0.15) is 0 Å². The van der Waals surface area contributed by atoms with Gasteiger partial charge >= 0.3 is 0 Å². The predicted molar refractivity (Wildman–Crippen MR) is 67.7 cm³/mol. The standard InChI is InChI=1S/C13H25N3/c1-2-16(9-11-4-3-5-11)10-13(6-7-13)8-12(14)15/h11H,2-10H2,1H3,(H3,14,15). The van der Waals surface area contributed by atoms with E-state index in [1.54, 1.807) is 0 Å². The van der Waals surface area contributed by atoms with Crippen molar-refractivity contribution in [3.05, 3.63) is 0 Å². The molecule has 0 atom stereocenters. The van der Waals surface area contributed by atoms with E-state index in [0.29, 0.717) is 11.3 Å².